The maximum absolute atomic E-state index is 12.0. The predicted molar refractivity (Wildman–Crippen MR) is 92.3 cm³/mol. The van der Waals surface area contributed by atoms with E-state index in [1.54, 1.807) is 24.2 Å². The first-order valence-electron chi connectivity index (χ1n) is 7.82. The third-order valence-electron chi connectivity index (χ3n) is 3.72. The zero-order chi connectivity index (χ0) is 15.9. The predicted octanol–water partition coefficient (Wildman–Crippen LogP) is 2.80. The number of nitrogens with zero attached hydrogens (tertiary/aromatic N) is 3. The van der Waals surface area contributed by atoms with E-state index in [1.165, 1.54) is 5.56 Å². The van der Waals surface area contributed by atoms with Gasteiger partial charge in [-0.3, -0.25) is 9.78 Å². The highest BCUT2D eigenvalue weighted by Gasteiger charge is 2.17. The number of thioether (sulfide) groups is 1. The molecule has 1 saturated heterocycles. The van der Waals surface area contributed by atoms with Gasteiger partial charge in [-0.25, -0.2) is 4.98 Å². The third kappa shape index (κ3) is 4.69. The van der Waals surface area contributed by atoms with E-state index in [1.807, 2.05) is 23.1 Å². The highest BCUT2D eigenvalue weighted by Crippen LogP contribution is 2.21. The van der Waals surface area contributed by atoms with Gasteiger partial charge in [0.1, 0.15) is 10.8 Å². The van der Waals surface area contributed by atoms with Crippen LogP contribution in [0.2, 0.25) is 0 Å². The summed E-state index contributed by atoms with van der Waals surface area (Å²) >= 11 is 1.64. The zero-order valence-electron chi connectivity index (χ0n) is 12.9. The summed E-state index contributed by atoms with van der Waals surface area (Å²) in [7, 11) is 0. The first-order chi connectivity index (χ1) is 11.3. The molecule has 1 aromatic heterocycles. The summed E-state index contributed by atoms with van der Waals surface area (Å²) in [5, 5.41) is 3.94. The van der Waals surface area contributed by atoms with Gasteiger partial charge in [0.05, 0.1) is 18.9 Å². The Balaban J connectivity index is 1.51. The fourth-order valence-electron chi connectivity index (χ4n) is 2.48. The molecule has 0 unspecified atom stereocenters. The zero-order valence-corrected chi connectivity index (χ0v) is 13.8. The van der Waals surface area contributed by atoms with E-state index in [0.717, 1.165) is 36.7 Å². The van der Waals surface area contributed by atoms with Gasteiger partial charge < -0.3 is 10.2 Å². The van der Waals surface area contributed by atoms with Crippen LogP contribution in [0.5, 0.6) is 0 Å². The molecule has 0 aliphatic carbocycles. The molecule has 1 aliphatic rings. The van der Waals surface area contributed by atoms with Crippen LogP contribution in [-0.4, -0.2) is 40.4 Å². The number of carbonyl (C=O) groups excluding carboxylic acids is 1. The summed E-state index contributed by atoms with van der Waals surface area (Å²) in [5.41, 5.74) is 1.25. The van der Waals surface area contributed by atoms with Gasteiger partial charge in [0, 0.05) is 18.8 Å². The van der Waals surface area contributed by atoms with Crippen molar-refractivity contribution in [3.63, 3.8) is 0 Å². The third-order valence-corrected chi connectivity index (χ3v) is 4.69. The van der Waals surface area contributed by atoms with Gasteiger partial charge in [-0.2, -0.15) is 0 Å². The molecular formula is C17H20N4OS. The minimum atomic E-state index is 0.131. The van der Waals surface area contributed by atoms with Gasteiger partial charge in [0.2, 0.25) is 5.91 Å². The molecular weight excluding hydrogens is 308 g/mol. The molecule has 1 amide bonds. The molecule has 0 atom stereocenters. The van der Waals surface area contributed by atoms with Crippen molar-refractivity contribution >= 4 is 23.5 Å². The minimum absolute atomic E-state index is 0.131. The molecule has 3 rings (SSSR count). The molecule has 2 aromatic rings. The normalized spacial score (nSPS) is 14.0. The smallest absolute Gasteiger partial charge is 0.241 e. The Hall–Kier alpha value is -2.08. The molecule has 1 aliphatic heterocycles. The maximum Gasteiger partial charge on any atom is 0.241 e. The first-order valence-corrected chi connectivity index (χ1v) is 8.80. The second-order valence-electron chi connectivity index (χ2n) is 5.46. The number of carbonyl (C=O) groups is 1. The Kier molecular flexibility index (Phi) is 5.47. The van der Waals surface area contributed by atoms with Crippen LogP contribution in [0.15, 0.2) is 47.8 Å². The average molecular weight is 328 g/mol. The number of nitrogens with one attached hydrogen (secondary N) is 1. The Morgan fingerprint density at radius 2 is 1.96 bits per heavy atom. The quantitative estimate of drug-likeness (QED) is 0.826. The Bertz CT molecular complexity index is 644. The molecule has 6 heteroatoms. The fourth-order valence-corrected chi connectivity index (χ4v) is 3.28. The standard InChI is InChI=1S/C17H20N4OS/c22-17(21-8-4-5-9-21)12-19-15-10-18-11-16(20-15)23-13-14-6-2-1-3-7-14/h1-3,6-7,10-11H,4-5,8-9,12-13H2,(H,19,20). The minimum Gasteiger partial charge on any atom is -0.360 e. The van der Waals surface area contributed by atoms with Crippen LogP contribution < -0.4 is 5.32 Å². The molecule has 1 N–H and O–H groups in total. The van der Waals surface area contributed by atoms with Crippen molar-refractivity contribution < 1.29 is 4.79 Å². The van der Waals surface area contributed by atoms with Gasteiger partial charge in [0.25, 0.3) is 0 Å². The van der Waals surface area contributed by atoms with E-state index < -0.39 is 0 Å². The number of amides is 1. The van der Waals surface area contributed by atoms with Crippen LogP contribution in [0.1, 0.15) is 18.4 Å². The van der Waals surface area contributed by atoms with E-state index >= 15 is 0 Å². The molecule has 23 heavy (non-hydrogen) atoms. The summed E-state index contributed by atoms with van der Waals surface area (Å²) in [6.45, 7) is 2.03. The second kappa shape index (κ2) is 7.97. The van der Waals surface area contributed by atoms with Crippen molar-refractivity contribution in [2.75, 3.05) is 25.0 Å². The van der Waals surface area contributed by atoms with Crippen LogP contribution in [0.3, 0.4) is 0 Å². The SMILES string of the molecule is O=C(CNc1cncc(SCc2ccccc2)n1)N1CCCC1. The molecule has 120 valence electrons. The topological polar surface area (TPSA) is 58.1 Å². The van der Waals surface area contributed by atoms with Crippen LogP contribution >= 0.6 is 11.8 Å². The highest BCUT2D eigenvalue weighted by atomic mass is 32.2. The van der Waals surface area contributed by atoms with E-state index in [9.17, 15) is 4.79 Å². The van der Waals surface area contributed by atoms with Crippen LogP contribution in [-0.2, 0) is 10.5 Å². The van der Waals surface area contributed by atoms with Crippen molar-refractivity contribution in [1.82, 2.24) is 14.9 Å². The number of hydrogen-bond acceptors (Lipinski definition) is 5. The molecule has 0 bridgehead atoms. The highest BCUT2D eigenvalue weighted by molar-refractivity contribution is 7.98. The molecule has 0 radical (unpaired) electrons. The molecule has 0 spiro atoms. The van der Waals surface area contributed by atoms with E-state index in [-0.39, 0.29) is 12.5 Å². The lowest BCUT2D eigenvalue weighted by molar-refractivity contribution is -0.128. The van der Waals surface area contributed by atoms with Crippen molar-refractivity contribution in [2.45, 2.75) is 23.6 Å². The fraction of sp³-hybridized carbons (Fsp3) is 0.353. The molecule has 5 nitrogen and oxygen atoms in total. The van der Waals surface area contributed by atoms with E-state index in [4.69, 9.17) is 0 Å². The number of anilines is 1. The van der Waals surface area contributed by atoms with E-state index in [2.05, 4.69) is 27.4 Å². The summed E-state index contributed by atoms with van der Waals surface area (Å²) in [6.07, 6.45) is 5.62. The number of likely N-dealkylation sites (tertiary alicyclic amines) is 1. The Morgan fingerprint density at radius 3 is 2.74 bits per heavy atom. The first kappa shape index (κ1) is 15.8. The molecule has 1 fully saturated rings. The van der Waals surface area contributed by atoms with Crippen molar-refractivity contribution in [1.29, 1.82) is 0 Å². The number of benzene rings is 1. The average Bonchev–Trinajstić information content (AvgIpc) is 3.14. The molecule has 2 heterocycles. The molecule has 1 aromatic carbocycles. The lowest BCUT2D eigenvalue weighted by Gasteiger charge is -2.15. The maximum atomic E-state index is 12.0. The summed E-state index contributed by atoms with van der Waals surface area (Å²) in [6, 6.07) is 10.3. The van der Waals surface area contributed by atoms with Crippen LogP contribution in [0.25, 0.3) is 0 Å². The number of rotatable bonds is 6. The summed E-state index contributed by atoms with van der Waals surface area (Å²) < 4.78 is 0. The lowest BCUT2D eigenvalue weighted by atomic mass is 10.2. The van der Waals surface area contributed by atoms with Gasteiger partial charge in [-0.15, -0.1) is 11.8 Å². The van der Waals surface area contributed by atoms with Gasteiger partial charge in [-0.1, -0.05) is 30.3 Å². The lowest BCUT2D eigenvalue weighted by Crippen LogP contribution is -2.33. The van der Waals surface area contributed by atoms with Crippen molar-refractivity contribution in [3.8, 4) is 0 Å². The van der Waals surface area contributed by atoms with Gasteiger partial charge in [0.15, 0.2) is 0 Å². The Morgan fingerprint density at radius 1 is 1.17 bits per heavy atom. The van der Waals surface area contributed by atoms with Crippen molar-refractivity contribution in [3.05, 3.63) is 48.3 Å². The number of hydrogen-bond donors (Lipinski definition) is 1. The summed E-state index contributed by atoms with van der Waals surface area (Å²) in [4.78, 5) is 22.6. The molecule has 0 saturated carbocycles. The van der Waals surface area contributed by atoms with Crippen molar-refractivity contribution in [2.24, 2.45) is 0 Å². The monoisotopic (exact) mass is 328 g/mol. The largest absolute Gasteiger partial charge is 0.360 e. The van der Waals surface area contributed by atoms with Crippen LogP contribution in [0.4, 0.5) is 5.82 Å². The second-order valence-corrected chi connectivity index (χ2v) is 6.45. The van der Waals surface area contributed by atoms with Gasteiger partial charge >= 0.3 is 0 Å². The van der Waals surface area contributed by atoms with Gasteiger partial charge in [-0.05, 0) is 18.4 Å². The Labute approximate surface area is 140 Å². The van der Waals surface area contributed by atoms with E-state index in [0.29, 0.717) is 5.82 Å². The summed E-state index contributed by atoms with van der Waals surface area (Å²) in [5.74, 6) is 1.63. The van der Waals surface area contributed by atoms with Crippen LogP contribution in [0, 0.1) is 0 Å². The number of aromatic nitrogens is 2.